The van der Waals surface area contributed by atoms with Crippen molar-refractivity contribution in [3.8, 4) is 0 Å². The topological polar surface area (TPSA) is 87.7 Å². The van der Waals surface area contributed by atoms with Gasteiger partial charge in [0.05, 0.1) is 29.7 Å². The minimum Gasteiger partial charge on any atom is -0.370 e. The van der Waals surface area contributed by atoms with Crippen LogP contribution >= 0.6 is 0 Å². The van der Waals surface area contributed by atoms with Crippen LogP contribution in [0, 0.1) is 0 Å². The molecule has 3 atom stereocenters. The highest BCUT2D eigenvalue weighted by Gasteiger charge is 2.46. The van der Waals surface area contributed by atoms with Crippen LogP contribution in [0.25, 0.3) is 0 Å². The second kappa shape index (κ2) is 8.39. The van der Waals surface area contributed by atoms with Crippen molar-refractivity contribution in [2.75, 3.05) is 13.1 Å². The third-order valence-electron chi connectivity index (χ3n) is 6.11. The lowest BCUT2D eigenvalue weighted by atomic mass is 9.90. The van der Waals surface area contributed by atoms with Gasteiger partial charge in [0.15, 0.2) is 0 Å². The van der Waals surface area contributed by atoms with Gasteiger partial charge in [-0.25, -0.2) is 17.9 Å². The number of ether oxygens (including phenoxy) is 1. The zero-order chi connectivity index (χ0) is 19.6. The first-order valence-electron chi connectivity index (χ1n) is 10.3. The number of benzene rings is 1. The van der Waals surface area contributed by atoms with Crippen LogP contribution in [0.1, 0.15) is 44.9 Å². The maximum atomic E-state index is 12.5. The summed E-state index contributed by atoms with van der Waals surface area (Å²) in [6.07, 6.45) is 7.26. The molecule has 0 unspecified atom stereocenters. The fraction of sp³-hybridized carbons (Fsp3) is 0.650. The predicted molar refractivity (Wildman–Crippen MR) is 105 cm³/mol. The fourth-order valence-corrected chi connectivity index (χ4v) is 5.52. The minimum absolute atomic E-state index is 0.0112. The number of amides is 2. The van der Waals surface area contributed by atoms with Crippen molar-refractivity contribution in [3.63, 3.8) is 0 Å². The molecule has 4 rings (SSSR count). The number of carbonyl (C=O) groups excluding carboxylic acids is 1. The minimum atomic E-state index is -3.52. The van der Waals surface area contributed by atoms with E-state index < -0.39 is 10.0 Å². The molecule has 0 aromatic heterocycles. The van der Waals surface area contributed by atoms with E-state index in [1.165, 1.54) is 19.3 Å². The van der Waals surface area contributed by atoms with Crippen molar-refractivity contribution in [2.24, 2.45) is 0 Å². The largest absolute Gasteiger partial charge is 0.370 e. The Bertz CT molecular complexity index is 780. The van der Waals surface area contributed by atoms with Crippen LogP contribution in [0.15, 0.2) is 35.2 Å². The molecule has 8 heteroatoms. The van der Waals surface area contributed by atoms with Gasteiger partial charge in [-0.2, -0.15) is 0 Å². The second-order valence-corrected chi connectivity index (χ2v) is 9.81. The van der Waals surface area contributed by atoms with E-state index in [0.29, 0.717) is 12.6 Å². The SMILES string of the molecule is O=C(NC1CCCCC1)N1C[C@H]2O[C@H](CNS(=O)(=O)c3ccccc3)CC[C@H]21. The number of nitrogens with one attached hydrogen (secondary N) is 2. The van der Waals surface area contributed by atoms with Crippen LogP contribution in [0.2, 0.25) is 0 Å². The number of urea groups is 1. The fourth-order valence-electron chi connectivity index (χ4n) is 4.43. The number of hydrogen-bond donors (Lipinski definition) is 2. The highest BCUT2D eigenvalue weighted by molar-refractivity contribution is 7.89. The average Bonchev–Trinajstić information content (AvgIpc) is 2.69. The summed E-state index contributed by atoms with van der Waals surface area (Å²) in [5.74, 6) is 0. The van der Waals surface area contributed by atoms with Gasteiger partial charge in [-0.1, -0.05) is 37.5 Å². The Hall–Kier alpha value is -1.64. The highest BCUT2D eigenvalue weighted by atomic mass is 32.2. The lowest BCUT2D eigenvalue weighted by Crippen LogP contribution is -2.68. The van der Waals surface area contributed by atoms with Crippen molar-refractivity contribution in [1.82, 2.24) is 14.9 Å². The van der Waals surface area contributed by atoms with E-state index >= 15 is 0 Å². The molecule has 1 aromatic carbocycles. The smallest absolute Gasteiger partial charge is 0.318 e. The first-order valence-corrected chi connectivity index (χ1v) is 11.8. The molecule has 0 bridgehead atoms. The standard InChI is InChI=1S/C20H29N3O4S/c24-20(22-15-7-3-1-4-8-15)23-14-19-18(23)12-11-16(27-19)13-21-28(25,26)17-9-5-2-6-10-17/h2,5-6,9-10,15-16,18-19,21H,1,3-4,7-8,11-14H2,(H,22,24)/t16-,18+,19+/m0/s1. The first-order chi connectivity index (χ1) is 13.5. The first kappa shape index (κ1) is 19.7. The van der Waals surface area contributed by atoms with Crippen molar-refractivity contribution in [2.45, 2.75) is 74.1 Å². The Balaban J connectivity index is 1.23. The molecule has 28 heavy (non-hydrogen) atoms. The number of likely N-dealkylation sites (tertiary alicyclic amines) is 1. The molecule has 2 aliphatic heterocycles. The Kier molecular flexibility index (Phi) is 5.89. The zero-order valence-corrected chi connectivity index (χ0v) is 16.9. The normalized spacial score (nSPS) is 28.3. The summed E-state index contributed by atoms with van der Waals surface area (Å²) in [4.78, 5) is 14.7. The van der Waals surface area contributed by atoms with Gasteiger partial charge >= 0.3 is 6.03 Å². The van der Waals surface area contributed by atoms with Crippen molar-refractivity contribution < 1.29 is 17.9 Å². The molecule has 0 spiro atoms. The maximum absolute atomic E-state index is 12.5. The summed E-state index contributed by atoms with van der Waals surface area (Å²) in [6.45, 7) is 0.847. The Morgan fingerprint density at radius 1 is 1.07 bits per heavy atom. The van der Waals surface area contributed by atoms with Crippen molar-refractivity contribution in [1.29, 1.82) is 0 Å². The van der Waals surface area contributed by atoms with Gasteiger partial charge in [-0.15, -0.1) is 0 Å². The monoisotopic (exact) mass is 407 g/mol. The Morgan fingerprint density at radius 2 is 1.82 bits per heavy atom. The van der Waals surface area contributed by atoms with Crippen LogP contribution in [0.3, 0.4) is 0 Å². The van der Waals surface area contributed by atoms with Crippen LogP contribution in [0.5, 0.6) is 0 Å². The van der Waals surface area contributed by atoms with E-state index in [1.54, 1.807) is 30.3 Å². The molecule has 2 amide bonds. The molecule has 2 heterocycles. The summed E-state index contributed by atoms with van der Waals surface area (Å²) in [7, 11) is -3.52. The maximum Gasteiger partial charge on any atom is 0.318 e. The van der Waals surface area contributed by atoms with Gasteiger partial charge in [0.1, 0.15) is 0 Å². The van der Waals surface area contributed by atoms with Crippen LogP contribution in [-0.2, 0) is 14.8 Å². The molecule has 7 nitrogen and oxygen atoms in total. The molecule has 2 saturated heterocycles. The van der Waals surface area contributed by atoms with E-state index in [-0.39, 0.29) is 35.7 Å². The van der Waals surface area contributed by atoms with E-state index in [9.17, 15) is 13.2 Å². The summed E-state index contributed by atoms with van der Waals surface area (Å²) < 4.78 is 33.4. The zero-order valence-electron chi connectivity index (χ0n) is 16.0. The molecule has 1 aromatic rings. The molecule has 3 aliphatic rings. The summed E-state index contributed by atoms with van der Waals surface area (Å²) >= 11 is 0. The van der Waals surface area contributed by atoms with Gasteiger partial charge < -0.3 is 15.0 Å². The average molecular weight is 408 g/mol. The molecule has 154 valence electrons. The van der Waals surface area contributed by atoms with E-state index in [2.05, 4.69) is 10.0 Å². The van der Waals surface area contributed by atoms with Crippen molar-refractivity contribution >= 4 is 16.1 Å². The number of sulfonamides is 1. The lowest BCUT2D eigenvalue weighted by Gasteiger charge is -2.52. The molecule has 0 radical (unpaired) electrons. The summed E-state index contributed by atoms with van der Waals surface area (Å²) in [5, 5.41) is 3.17. The second-order valence-electron chi connectivity index (χ2n) is 8.04. The molecule has 1 aliphatic carbocycles. The lowest BCUT2D eigenvalue weighted by molar-refractivity contribution is -0.147. The Labute approximate surface area is 166 Å². The van der Waals surface area contributed by atoms with E-state index in [4.69, 9.17) is 4.74 Å². The quantitative estimate of drug-likeness (QED) is 0.784. The van der Waals surface area contributed by atoms with Gasteiger partial charge in [0.2, 0.25) is 10.0 Å². The van der Waals surface area contributed by atoms with Crippen molar-refractivity contribution in [3.05, 3.63) is 30.3 Å². The van der Waals surface area contributed by atoms with Gasteiger partial charge in [-0.3, -0.25) is 0 Å². The molecule has 1 saturated carbocycles. The number of hydrogen-bond acceptors (Lipinski definition) is 4. The third-order valence-corrected chi connectivity index (χ3v) is 7.55. The third kappa shape index (κ3) is 4.34. The summed E-state index contributed by atoms with van der Waals surface area (Å²) in [6, 6.07) is 8.81. The van der Waals surface area contributed by atoms with E-state index in [0.717, 1.165) is 25.7 Å². The van der Waals surface area contributed by atoms with Crippen LogP contribution in [0.4, 0.5) is 4.79 Å². The predicted octanol–water partition coefficient (Wildman–Crippen LogP) is 2.24. The summed E-state index contributed by atoms with van der Waals surface area (Å²) in [5.41, 5.74) is 0. The highest BCUT2D eigenvalue weighted by Crippen LogP contribution is 2.32. The van der Waals surface area contributed by atoms with E-state index in [1.807, 2.05) is 4.90 Å². The molecule has 3 fully saturated rings. The molecule has 2 N–H and O–H groups in total. The number of nitrogens with zero attached hydrogens (tertiary/aromatic N) is 1. The van der Waals surface area contributed by atoms with Crippen LogP contribution < -0.4 is 10.0 Å². The van der Waals surface area contributed by atoms with Gasteiger partial charge in [0.25, 0.3) is 0 Å². The van der Waals surface area contributed by atoms with Gasteiger partial charge in [0, 0.05) is 12.6 Å². The molecular weight excluding hydrogens is 378 g/mol. The van der Waals surface area contributed by atoms with Gasteiger partial charge in [-0.05, 0) is 37.8 Å². The van der Waals surface area contributed by atoms with Crippen LogP contribution in [-0.4, -0.2) is 56.7 Å². The molecular formula is C20H29N3O4S. The number of carbonyl (C=O) groups is 1. The number of rotatable bonds is 5. The number of fused-ring (bicyclic) bond motifs is 1. The Morgan fingerprint density at radius 3 is 2.54 bits per heavy atom.